The highest BCUT2D eigenvalue weighted by Crippen LogP contribution is 2.33. The summed E-state index contributed by atoms with van der Waals surface area (Å²) < 4.78 is 23.4. The summed E-state index contributed by atoms with van der Waals surface area (Å²) in [5, 5.41) is 3.99. The number of hydrogen-bond acceptors (Lipinski definition) is 8. The molecule has 0 atom stereocenters. The number of aryl methyl sites for hydroxylation is 1. The molecular formula is C21H20FN5O2S2. The summed E-state index contributed by atoms with van der Waals surface area (Å²) in [4.78, 5) is 22.9. The molecule has 7 nitrogen and oxygen atoms in total. The Labute approximate surface area is 188 Å². The van der Waals surface area contributed by atoms with Crippen LogP contribution in [0, 0.1) is 12.7 Å². The number of nitrogens with zero attached hydrogens (tertiary/aromatic N) is 4. The molecule has 1 saturated heterocycles. The van der Waals surface area contributed by atoms with Gasteiger partial charge in [0.15, 0.2) is 6.61 Å². The molecule has 0 spiro atoms. The van der Waals surface area contributed by atoms with E-state index in [-0.39, 0.29) is 18.3 Å². The first-order valence-electron chi connectivity index (χ1n) is 9.69. The van der Waals surface area contributed by atoms with Crippen molar-refractivity contribution in [3.8, 4) is 5.75 Å². The highest BCUT2D eigenvalue weighted by Gasteiger charge is 2.18. The fourth-order valence-corrected chi connectivity index (χ4v) is 4.42. The van der Waals surface area contributed by atoms with E-state index in [1.807, 2.05) is 24.8 Å². The first-order chi connectivity index (χ1) is 15.0. The number of benzene rings is 2. The summed E-state index contributed by atoms with van der Waals surface area (Å²) >= 11 is 6.61. The maximum absolute atomic E-state index is 13.9. The van der Waals surface area contributed by atoms with Gasteiger partial charge in [0, 0.05) is 48.5 Å². The fourth-order valence-electron chi connectivity index (χ4n) is 3.41. The van der Waals surface area contributed by atoms with Crippen LogP contribution in [0.5, 0.6) is 5.75 Å². The molecule has 1 aromatic heterocycles. The highest BCUT2D eigenvalue weighted by atomic mass is 32.2. The maximum Gasteiger partial charge on any atom is 0.260 e. The van der Waals surface area contributed by atoms with E-state index in [4.69, 9.17) is 17.2 Å². The van der Waals surface area contributed by atoms with Gasteiger partial charge in [0.2, 0.25) is 0 Å². The second-order valence-electron chi connectivity index (χ2n) is 7.02. The molecule has 4 rings (SSSR count). The number of hydrogen-bond donors (Lipinski definition) is 1. The summed E-state index contributed by atoms with van der Waals surface area (Å²) in [5.41, 5.74) is 2.72. The quantitative estimate of drug-likeness (QED) is 0.596. The van der Waals surface area contributed by atoms with E-state index in [1.165, 1.54) is 18.5 Å². The van der Waals surface area contributed by atoms with Crippen molar-refractivity contribution in [3.05, 3.63) is 48.0 Å². The van der Waals surface area contributed by atoms with Crippen molar-refractivity contribution in [2.45, 2.75) is 6.92 Å². The molecule has 1 aliphatic heterocycles. The summed E-state index contributed by atoms with van der Waals surface area (Å²) in [5.74, 6) is 2.04. The molecule has 31 heavy (non-hydrogen) atoms. The molecule has 0 unspecified atom stereocenters. The smallest absolute Gasteiger partial charge is 0.260 e. The molecule has 3 aromatic rings. The van der Waals surface area contributed by atoms with Crippen LogP contribution < -0.4 is 10.1 Å². The third-order valence-electron chi connectivity index (χ3n) is 4.94. The molecule has 1 aliphatic rings. The topological polar surface area (TPSA) is 79.7 Å². The van der Waals surface area contributed by atoms with Gasteiger partial charge < -0.3 is 15.0 Å². The lowest BCUT2D eigenvalue weighted by Crippen LogP contribution is -2.40. The fraction of sp³-hybridized carbons (Fsp3) is 0.286. The van der Waals surface area contributed by atoms with Gasteiger partial charge in [-0.05, 0) is 36.8 Å². The molecule has 0 aliphatic carbocycles. The molecule has 2 aromatic carbocycles. The second-order valence-corrected chi connectivity index (χ2v) is 8.42. The van der Waals surface area contributed by atoms with Gasteiger partial charge in [-0.2, -0.15) is 16.1 Å². The largest absolute Gasteiger partial charge is 0.481 e. The van der Waals surface area contributed by atoms with E-state index < -0.39 is 5.82 Å². The SMILES string of the molecule is Cc1cc(N=S)cc2ncnc(Nc3ccc(F)cc3OCC(=O)N3CCSCC3)c12. The Morgan fingerprint density at radius 3 is 2.87 bits per heavy atom. The molecule has 1 N–H and O–H groups in total. The normalized spacial score (nSPS) is 13.8. The number of halogens is 1. The first-order valence-corrected chi connectivity index (χ1v) is 11.2. The Bertz CT molecular complexity index is 1140. The lowest BCUT2D eigenvalue weighted by Gasteiger charge is -2.26. The van der Waals surface area contributed by atoms with Gasteiger partial charge in [-0.15, -0.1) is 0 Å². The van der Waals surface area contributed by atoms with Crippen LogP contribution in [0.25, 0.3) is 10.9 Å². The zero-order valence-corrected chi connectivity index (χ0v) is 18.4. The van der Waals surface area contributed by atoms with Gasteiger partial charge in [0.05, 0.1) is 16.9 Å². The van der Waals surface area contributed by atoms with Crippen LogP contribution in [0.3, 0.4) is 0 Å². The minimum atomic E-state index is -0.456. The van der Waals surface area contributed by atoms with Gasteiger partial charge in [-0.25, -0.2) is 14.4 Å². The molecule has 1 amide bonds. The van der Waals surface area contributed by atoms with E-state index >= 15 is 0 Å². The third-order valence-corrected chi connectivity index (χ3v) is 6.09. The van der Waals surface area contributed by atoms with Gasteiger partial charge in [-0.3, -0.25) is 4.79 Å². The van der Waals surface area contributed by atoms with E-state index in [0.717, 1.165) is 22.5 Å². The molecule has 1 fully saturated rings. The van der Waals surface area contributed by atoms with Crippen molar-refractivity contribution < 1.29 is 13.9 Å². The average molecular weight is 458 g/mol. The number of thioether (sulfide) groups is 1. The summed E-state index contributed by atoms with van der Waals surface area (Å²) in [7, 11) is 0. The predicted octanol–water partition coefficient (Wildman–Crippen LogP) is 4.14. The molecule has 10 heteroatoms. The Kier molecular flexibility index (Phi) is 6.57. The van der Waals surface area contributed by atoms with Crippen molar-refractivity contribution >= 4 is 58.2 Å². The van der Waals surface area contributed by atoms with Crippen LogP contribution in [0.1, 0.15) is 5.56 Å². The van der Waals surface area contributed by atoms with Gasteiger partial charge >= 0.3 is 0 Å². The molecule has 2 heterocycles. The number of aromatic nitrogens is 2. The van der Waals surface area contributed by atoms with Crippen molar-refractivity contribution in [1.82, 2.24) is 14.9 Å². The van der Waals surface area contributed by atoms with E-state index in [2.05, 4.69) is 19.6 Å². The lowest BCUT2D eigenvalue weighted by molar-refractivity contribution is -0.132. The number of carbonyl (C=O) groups is 1. The van der Waals surface area contributed by atoms with E-state index in [1.54, 1.807) is 17.0 Å². The van der Waals surface area contributed by atoms with Crippen molar-refractivity contribution in [2.24, 2.45) is 4.36 Å². The highest BCUT2D eigenvalue weighted by molar-refractivity contribution is 7.99. The second kappa shape index (κ2) is 9.52. The Balaban J connectivity index is 1.59. The Morgan fingerprint density at radius 1 is 1.29 bits per heavy atom. The van der Waals surface area contributed by atoms with E-state index in [0.29, 0.717) is 35.8 Å². The Morgan fingerprint density at radius 2 is 2.10 bits per heavy atom. The van der Waals surface area contributed by atoms with Gasteiger partial charge in [-0.1, -0.05) is 0 Å². The van der Waals surface area contributed by atoms with Crippen molar-refractivity contribution in [1.29, 1.82) is 0 Å². The molecule has 0 saturated carbocycles. The predicted molar refractivity (Wildman–Crippen MR) is 123 cm³/mol. The van der Waals surface area contributed by atoms with Crippen molar-refractivity contribution in [3.63, 3.8) is 0 Å². The number of rotatable bonds is 6. The average Bonchev–Trinajstić information content (AvgIpc) is 2.79. The Hall–Kier alpha value is -2.85. The van der Waals surface area contributed by atoms with Gasteiger partial charge in [0.25, 0.3) is 5.91 Å². The molecule has 0 bridgehead atoms. The number of anilines is 2. The standard InChI is InChI=1S/C21H20FN5O2S2/c1-13-8-15(26-30)10-17-20(13)21(24-12-23-17)25-16-3-2-14(22)9-18(16)29-11-19(28)27-4-6-31-7-5-27/h2-3,8-10,12H,4-7,11H2,1H3,(H,23,24,25). The molecule has 0 radical (unpaired) electrons. The number of nitrogens with one attached hydrogen (secondary N) is 1. The maximum atomic E-state index is 13.9. The zero-order chi connectivity index (χ0) is 21.8. The van der Waals surface area contributed by atoms with Crippen LogP contribution in [-0.2, 0) is 17.2 Å². The minimum Gasteiger partial charge on any atom is -0.481 e. The number of carbonyl (C=O) groups excluding carboxylic acids is 1. The van der Waals surface area contributed by atoms with Crippen LogP contribution in [0.2, 0.25) is 0 Å². The van der Waals surface area contributed by atoms with E-state index in [9.17, 15) is 9.18 Å². The number of fused-ring (bicyclic) bond motifs is 1. The minimum absolute atomic E-state index is 0.112. The van der Waals surface area contributed by atoms with Crippen LogP contribution in [0.4, 0.5) is 21.6 Å². The summed E-state index contributed by atoms with van der Waals surface area (Å²) in [6, 6.07) is 7.76. The monoisotopic (exact) mass is 457 g/mol. The van der Waals surface area contributed by atoms with Crippen LogP contribution in [0.15, 0.2) is 41.0 Å². The lowest BCUT2D eigenvalue weighted by atomic mass is 10.1. The zero-order valence-electron chi connectivity index (χ0n) is 16.8. The number of amides is 1. The van der Waals surface area contributed by atoms with Crippen LogP contribution >= 0.6 is 11.8 Å². The third kappa shape index (κ3) is 4.91. The molecular weight excluding hydrogens is 437 g/mol. The van der Waals surface area contributed by atoms with Crippen LogP contribution in [-0.4, -0.2) is 52.0 Å². The summed E-state index contributed by atoms with van der Waals surface area (Å²) in [6.45, 7) is 3.16. The first kappa shape index (κ1) is 21.4. The van der Waals surface area contributed by atoms with Crippen molar-refractivity contribution in [2.75, 3.05) is 36.5 Å². The number of ether oxygens (including phenoxy) is 1. The molecule has 160 valence electrons. The van der Waals surface area contributed by atoms with Gasteiger partial charge in [0.1, 0.15) is 23.7 Å². The summed E-state index contributed by atoms with van der Waals surface area (Å²) in [6.07, 6.45) is 1.43.